The van der Waals surface area contributed by atoms with Gasteiger partial charge < -0.3 is 0 Å². The molecule has 0 radical (unpaired) electrons. The highest BCUT2D eigenvalue weighted by Crippen LogP contribution is 2.48. The van der Waals surface area contributed by atoms with Gasteiger partial charge in [0.1, 0.15) is 0 Å². The zero-order valence-electron chi connectivity index (χ0n) is 14.4. The van der Waals surface area contributed by atoms with Gasteiger partial charge in [-0.3, -0.25) is 0 Å². The van der Waals surface area contributed by atoms with Crippen LogP contribution in [0.4, 0.5) is 0 Å². The summed E-state index contributed by atoms with van der Waals surface area (Å²) in [6, 6.07) is 0. The van der Waals surface area contributed by atoms with Crippen molar-refractivity contribution in [2.24, 2.45) is 23.7 Å². The number of hydrogen-bond donors (Lipinski definition) is 0. The summed E-state index contributed by atoms with van der Waals surface area (Å²) < 4.78 is 2.12. The highest BCUT2D eigenvalue weighted by molar-refractivity contribution is 4.94. The van der Waals surface area contributed by atoms with Crippen molar-refractivity contribution in [1.29, 1.82) is 0 Å². The van der Waals surface area contributed by atoms with Crippen LogP contribution in [-0.2, 0) is 13.0 Å². The van der Waals surface area contributed by atoms with Crippen LogP contribution in [0.1, 0.15) is 71.9 Å². The molecule has 0 aromatic carbocycles. The number of rotatable bonds is 10. The predicted octanol–water partition coefficient (Wildman–Crippen LogP) is 4.72. The second-order valence-corrected chi connectivity index (χ2v) is 7.47. The Kier molecular flexibility index (Phi) is 6.25. The quantitative estimate of drug-likeness (QED) is 0.584. The highest BCUT2D eigenvalue weighted by Gasteiger charge is 2.41. The maximum atomic E-state index is 4.24. The van der Waals surface area contributed by atoms with Gasteiger partial charge in [-0.05, 0) is 49.4 Å². The van der Waals surface area contributed by atoms with Gasteiger partial charge >= 0.3 is 0 Å². The number of nitrogens with zero attached hydrogens (tertiary/aromatic N) is 3. The fraction of sp³-hybridized carbons (Fsp3) is 0.889. The summed E-state index contributed by atoms with van der Waals surface area (Å²) >= 11 is 0. The molecule has 0 N–H and O–H groups in total. The fourth-order valence-corrected chi connectivity index (χ4v) is 3.38. The molecule has 1 heterocycles. The molecule has 0 spiro atoms. The van der Waals surface area contributed by atoms with E-state index in [1.165, 1.54) is 44.2 Å². The van der Waals surface area contributed by atoms with Gasteiger partial charge in [-0.25, -0.2) is 4.68 Å². The summed E-state index contributed by atoms with van der Waals surface area (Å²) in [6.07, 6.45) is 11.1. The van der Waals surface area contributed by atoms with E-state index in [-0.39, 0.29) is 0 Å². The first-order valence-corrected chi connectivity index (χ1v) is 8.97. The van der Waals surface area contributed by atoms with Crippen molar-refractivity contribution >= 4 is 0 Å². The standard InChI is InChI=1S/C18H33N3/c1-14(2)10-11-17-13-19-20-21(17)12-8-6-5-7-9-18-15(3)16(18)4/h13-16,18H,5-12H2,1-4H3. The second-order valence-electron chi connectivity index (χ2n) is 7.47. The minimum absolute atomic E-state index is 0.751. The SMILES string of the molecule is CC(C)CCc1cnnn1CCCCCCC1C(C)C1C. The van der Waals surface area contributed by atoms with Crippen molar-refractivity contribution in [3.8, 4) is 0 Å². The molecular weight excluding hydrogens is 258 g/mol. The molecule has 3 nitrogen and oxygen atoms in total. The molecule has 1 aromatic heterocycles. The summed E-state index contributed by atoms with van der Waals surface area (Å²) in [5, 5.41) is 8.31. The van der Waals surface area contributed by atoms with Gasteiger partial charge in [-0.1, -0.05) is 52.2 Å². The van der Waals surface area contributed by atoms with Crippen LogP contribution in [0, 0.1) is 23.7 Å². The van der Waals surface area contributed by atoms with Gasteiger partial charge in [0.2, 0.25) is 0 Å². The lowest BCUT2D eigenvalue weighted by molar-refractivity contribution is 0.484. The van der Waals surface area contributed by atoms with E-state index in [0.29, 0.717) is 0 Å². The molecule has 21 heavy (non-hydrogen) atoms. The normalized spacial score (nSPS) is 24.7. The van der Waals surface area contributed by atoms with E-state index in [4.69, 9.17) is 0 Å². The average molecular weight is 291 g/mol. The monoisotopic (exact) mass is 291 g/mol. The molecule has 1 fully saturated rings. The Morgan fingerprint density at radius 3 is 2.48 bits per heavy atom. The number of unbranched alkanes of at least 4 members (excludes halogenated alkanes) is 3. The zero-order valence-corrected chi connectivity index (χ0v) is 14.4. The molecule has 2 atom stereocenters. The molecule has 0 bridgehead atoms. The fourth-order valence-electron chi connectivity index (χ4n) is 3.38. The Balaban J connectivity index is 1.55. The molecule has 0 amide bonds. The van der Waals surface area contributed by atoms with Crippen LogP contribution < -0.4 is 0 Å². The average Bonchev–Trinajstić information content (AvgIpc) is 2.87. The van der Waals surface area contributed by atoms with E-state index in [9.17, 15) is 0 Å². The number of aryl methyl sites for hydroxylation is 2. The molecular formula is C18H33N3. The van der Waals surface area contributed by atoms with E-state index in [2.05, 4.69) is 42.7 Å². The molecule has 1 saturated carbocycles. The smallest absolute Gasteiger partial charge is 0.0725 e. The van der Waals surface area contributed by atoms with Crippen LogP contribution in [-0.4, -0.2) is 15.0 Å². The summed E-state index contributed by atoms with van der Waals surface area (Å²) in [4.78, 5) is 0. The largest absolute Gasteiger partial charge is 0.249 e. The third-order valence-corrected chi connectivity index (χ3v) is 5.37. The minimum Gasteiger partial charge on any atom is -0.249 e. The van der Waals surface area contributed by atoms with Gasteiger partial charge in [0.05, 0.1) is 11.9 Å². The van der Waals surface area contributed by atoms with Crippen molar-refractivity contribution in [2.75, 3.05) is 0 Å². The minimum atomic E-state index is 0.751. The molecule has 1 aliphatic carbocycles. The molecule has 1 aliphatic rings. The van der Waals surface area contributed by atoms with Crippen LogP contribution in [0.2, 0.25) is 0 Å². The van der Waals surface area contributed by atoms with Crippen LogP contribution in [0.15, 0.2) is 6.20 Å². The van der Waals surface area contributed by atoms with Crippen molar-refractivity contribution in [3.63, 3.8) is 0 Å². The summed E-state index contributed by atoms with van der Waals surface area (Å²) in [5.74, 6) is 3.76. The first-order chi connectivity index (χ1) is 10.1. The molecule has 3 heteroatoms. The van der Waals surface area contributed by atoms with Crippen LogP contribution >= 0.6 is 0 Å². The van der Waals surface area contributed by atoms with Crippen molar-refractivity contribution in [2.45, 2.75) is 79.2 Å². The van der Waals surface area contributed by atoms with Gasteiger partial charge in [0.15, 0.2) is 0 Å². The van der Waals surface area contributed by atoms with Crippen LogP contribution in [0.3, 0.4) is 0 Å². The van der Waals surface area contributed by atoms with E-state index in [1.54, 1.807) is 0 Å². The van der Waals surface area contributed by atoms with E-state index < -0.39 is 0 Å². The first-order valence-electron chi connectivity index (χ1n) is 8.97. The van der Waals surface area contributed by atoms with Gasteiger partial charge in [0.25, 0.3) is 0 Å². The van der Waals surface area contributed by atoms with Crippen LogP contribution in [0.25, 0.3) is 0 Å². The molecule has 120 valence electrons. The lowest BCUT2D eigenvalue weighted by atomic mass is 10.1. The Morgan fingerprint density at radius 1 is 1.10 bits per heavy atom. The lowest BCUT2D eigenvalue weighted by Crippen LogP contribution is -2.06. The second kappa shape index (κ2) is 7.95. The topological polar surface area (TPSA) is 30.7 Å². The van der Waals surface area contributed by atoms with Crippen molar-refractivity contribution in [3.05, 3.63) is 11.9 Å². The summed E-state index contributed by atoms with van der Waals surface area (Å²) in [5.41, 5.74) is 1.31. The molecule has 2 rings (SSSR count). The van der Waals surface area contributed by atoms with Crippen LogP contribution in [0.5, 0.6) is 0 Å². The van der Waals surface area contributed by atoms with E-state index >= 15 is 0 Å². The molecule has 0 saturated heterocycles. The third-order valence-electron chi connectivity index (χ3n) is 5.37. The van der Waals surface area contributed by atoms with Gasteiger partial charge in [-0.15, -0.1) is 5.10 Å². The third kappa shape index (κ3) is 5.12. The van der Waals surface area contributed by atoms with Crippen molar-refractivity contribution in [1.82, 2.24) is 15.0 Å². The first kappa shape index (κ1) is 16.5. The Labute approximate surface area is 130 Å². The van der Waals surface area contributed by atoms with E-state index in [1.807, 2.05) is 6.20 Å². The molecule has 2 unspecified atom stereocenters. The Morgan fingerprint density at radius 2 is 1.81 bits per heavy atom. The predicted molar refractivity (Wildman–Crippen MR) is 88.1 cm³/mol. The number of hydrogen-bond acceptors (Lipinski definition) is 2. The summed E-state index contributed by atoms with van der Waals surface area (Å²) in [6.45, 7) is 10.4. The van der Waals surface area contributed by atoms with Gasteiger partial charge in [0, 0.05) is 6.54 Å². The van der Waals surface area contributed by atoms with Gasteiger partial charge in [-0.2, -0.15) is 0 Å². The highest BCUT2D eigenvalue weighted by atomic mass is 15.4. The Bertz CT molecular complexity index is 402. The number of aromatic nitrogens is 3. The molecule has 1 aromatic rings. The summed E-state index contributed by atoms with van der Waals surface area (Å²) in [7, 11) is 0. The maximum Gasteiger partial charge on any atom is 0.0725 e. The maximum absolute atomic E-state index is 4.24. The van der Waals surface area contributed by atoms with E-state index in [0.717, 1.165) is 36.6 Å². The lowest BCUT2D eigenvalue weighted by Gasteiger charge is -2.07. The molecule has 0 aliphatic heterocycles. The Hall–Kier alpha value is -0.860. The zero-order chi connectivity index (χ0) is 15.2. The van der Waals surface area contributed by atoms with Crippen molar-refractivity contribution < 1.29 is 0 Å².